The Labute approximate surface area is 135 Å². The van der Waals surface area contributed by atoms with Crippen LogP contribution in [-0.4, -0.2) is 19.1 Å². The van der Waals surface area contributed by atoms with E-state index in [-0.39, 0.29) is 0 Å². The molecule has 3 nitrogen and oxygen atoms in total. The second-order valence-electron chi connectivity index (χ2n) is 5.70. The summed E-state index contributed by atoms with van der Waals surface area (Å²) in [7, 11) is 3.94. The molecule has 114 valence electrons. The number of nitrogens with zero attached hydrogens (tertiary/aromatic N) is 1. The highest BCUT2D eigenvalue weighted by molar-refractivity contribution is 7.18. The number of hydrogen-bond acceptors (Lipinski definition) is 3. The van der Waals surface area contributed by atoms with Gasteiger partial charge in [0.15, 0.2) is 0 Å². The lowest BCUT2D eigenvalue weighted by molar-refractivity contribution is -0.907. The number of quaternary nitrogens is 1. The summed E-state index contributed by atoms with van der Waals surface area (Å²) in [6, 6.07) is 14.7. The van der Waals surface area contributed by atoms with Crippen LogP contribution in [0.4, 0.5) is 0 Å². The molecule has 0 radical (unpaired) electrons. The maximum Gasteiger partial charge on any atom is 0.148 e. The molecule has 1 heterocycles. The molecule has 0 saturated carbocycles. The molecule has 3 aromatic rings. The lowest BCUT2D eigenvalue weighted by Crippen LogP contribution is -3.06. The van der Waals surface area contributed by atoms with Crippen LogP contribution in [0.5, 0.6) is 5.75 Å². The van der Waals surface area contributed by atoms with Crippen molar-refractivity contribution >= 4 is 21.6 Å². The SMILES string of the molecule is COc1ccc(C)cc1C[NH+](C)Cc1nc2ccccc2s1. The second kappa shape index (κ2) is 6.46. The summed E-state index contributed by atoms with van der Waals surface area (Å²) in [5.74, 6) is 0.967. The number of aryl methyl sites for hydroxylation is 1. The number of benzene rings is 2. The monoisotopic (exact) mass is 313 g/mol. The van der Waals surface area contributed by atoms with Crippen molar-refractivity contribution in [3.8, 4) is 5.75 Å². The fourth-order valence-electron chi connectivity index (χ4n) is 2.69. The number of hydrogen-bond donors (Lipinski definition) is 1. The molecule has 0 amide bonds. The van der Waals surface area contributed by atoms with E-state index in [9.17, 15) is 0 Å². The van der Waals surface area contributed by atoms with E-state index in [0.29, 0.717) is 0 Å². The first-order valence-electron chi connectivity index (χ1n) is 7.45. The lowest BCUT2D eigenvalue weighted by Gasteiger charge is -2.15. The van der Waals surface area contributed by atoms with E-state index in [0.717, 1.165) is 24.4 Å². The van der Waals surface area contributed by atoms with E-state index in [1.165, 1.54) is 25.7 Å². The Hall–Kier alpha value is -1.91. The number of aromatic nitrogens is 1. The van der Waals surface area contributed by atoms with E-state index in [1.54, 1.807) is 18.4 Å². The van der Waals surface area contributed by atoms with E-state index < -0.39 is 0 Å². The van der Waals surface area contributed by atoms with Crippen LogP contribution in [0.3, 0.4) is 0 Å². The summed E-state index contributed by atoms with van der Waals surface area (Å²) < 4.78 is 6.74. The number of fused-ring (bicyclic) bond motifs is 1. The minimum Gasteiger partial charge on any atom is -0.496 e. The van der Waals surface area contributed by atoms with Gasteiger partial charge in [-0.3, -0.25) is 0 Å². The van der Waals surface area contributed by atoms with Crippen LogP contribution < -0.4 is 9.64 Å². The molecule has 22 heavy (non-hydrogen) atoms. The Morgan fingerprint density at radius 2 is 1.95 bits per heavy atom. The van der Waals surface area contributed by atoms with Crippen molar-refractivity contribution in [1.29, 1.82) is 0 Å². The summed E-state index contributed by atoms with van der Waals surface area (Å²) >= 11 is 1.79. The zero-order chi connectivity index (χ0) is 15.5. The Balaban J connectivity index is 1.74. The molecule has 0 aliphatic heterocycles. The van der Waals surface area contributed by atoms with Gasteiger partial charge in [0.2, 0.25) is 0 Å². The zero-order valence-electron chi connectivity index (χ0n) is 13.2. The third-order valence-electron chi connectivity index (χ3n) is 3.72. The summed E-state index contributed by atoms with van der Waals surface area (Å²) in [5.41, 5.74) is 3.62. The fraction of sp³-hybridized carbons (Fsp3) is 0.278. The third kappa shape index (κ3) is 3.29. The molecule has 1 atom stereocenters. The van der Waals surface area contributed by atoms with Gasteiger partial charge in [0, 0.05) is 5.56 Å². The van der Waals surface area contributed by atoms with Crippen LogP contribution in [0.2, 0.25) is 0 Å². The molecule has 0 saturated heterocycles. The van der Waals surface area contributed by atoms with Crippen LogP contribution in [-0.2, 0) is 13.1 Å². The quantitative estimate of drug-likeness (QED) is 0.784. The number of para-hydroxylation sites is 1. The Kier molecular flexibility index (Phi) is 4.41. The first-order chi connectivity index (χ1) is 10.7. The van der Waals surface area contributed by atoms with Gasteiger partial charge in [0.1, 0.15) is 23.8 Å². The summed E-state index contributed by atoms with van der Waals surface area (Å²) in [4.78, 5) is 6.13. The van der Waals surface area contributed by atoms with Crippen LogP contribution in [0.1, 0.15) is 16.1 Å². The van der Waals surface area contributed by atoms with Crippen molar-refractivity contribution in [2.45, 2.75) is 20.0 Å². The summed E-state index contributed by atoms with van der Waals surface area (Å²) in [6.45, 7) is 3.98. The Morgan fingerprint density at radius 3 is 2.73 bits per heavy atom. The van der Waals surface area contributed by atoms with Gasteiger partial charge in [-0.05, 0) is 31.2 Å². The van der Waals surface area contributed by atoms with Crippen molar-refractivity contribution in [3.05, 3.63) is 58.6 Å². The maximum atomic E-state index is 5.47. The van der Waals surface area contributed by atoms with Gasteiger partial charge in [-0.1, -0.05) is 23.8 Å². The van der Waals surface area contributed by atoms with E-state index in [1.807, 2.05) is 6.07 Å². The molecular formula is C18H21N2OS+. The Morgan fingerprint density at radius 1 is 1.14 bits per heavy atom. The lowest BCUT2D eigenvalue weighted by atomic mass is 10.1. The first-order valence-corrected chi connectivity index (χ1v) is 8.26. The molecule has 1 unspecified atom stereocenters. The van der Waals surface area contributed by atoms with Gasteiger partial charge in [-0.15, -0.1) is 11.3 Å². The summed E-state index contributed by atoms with van der Waals surface area (Å²) in [5, 5.41) is 1.19. The minimum atomic E-state index is 0.927. The fourth-order valence-corrected chi connectivity index (χ4v) is 3.77. The molecule has 1 N–H and O–H groups in total. The predicted octanol–water partition coefficient (Wildman–Crippen LogP) is 2.83. The highest BCUT2D eigenvalue weighted by Crippen LogP contribution is 2.21. The van der Waals surface area contributed by atoms with E-state index in [2.05, 4.69) is 50.4 Å². The normalized spacial score (nSPS) is 12.5. The smallest absolute Gasteiger partial charge is 0.148 e. The maximum absolute atomic E-state index is 5.47. The molecule has 4 heteroatoms. The second-order valence-corrected chi connectivity index (χ2v) is 6.82. The van der Waals surface area contributed by atoms with Gasteiger partial charge >= 0.3 is 0 Å². The van der Waals surface area contributed by atoms with Crippen molar-refractivity contribution in [3.63, 3.8) is 0 Å². The van der Waals surface area contributed by atoms with Crippen molar-refractivity contribution in [2.24, 2.45) is 0 Å². The molecule has 0 aliphatic carbocycles. The van der Waals surface area contributed by atoms with Crippen molar-refractivity contribution in [2.75, 3.05) is 14.2 Å². The van der Waals surface area contributed by atoms with Crippen LogP contribution in [0, 0.1) is 6.92 Å². The third-order valence-corrected chi connectivity index (χ3v) is 4.76. The van der Waals surface area contributed by atoms with E-state index in [4.69, 9.17) is 9.72 Å². The highest BCUT2D eigenvalue weighted by Gasteiger charge is 2.12. The number of thiazole rings is 1. The van der Waals surface area contributed by atoms with Gasteiger partial charge in [-0.2, -0.15) is 0 Å². The average molecular weight is 313 g/mol. The minimum absolute atomic E-state index is 0.927. The zero-order valence-corrected chi connectivity index (χ0v) is 14.0. The van der Waals surface area contributed by atoms with Gasteiger partial charge in [0.25, 0.3) is 0 Å². The number of methoxy groups -OCH3 is 1. The average Bonchev–Trinajstić information content (AvgIpc) is 2.89. The van der Waals surface area contributed by atoms with Crippen LogP contribution in [0.15, 0.2) is 42.5 Å². The number of rotatable bonds is 5. The Bertz CT molecular complexity index is 749. The van der Waals surface area contributed by atoms with Crippen molar-refractivity contribution in [1.82, 2.24) is 4.98 Å². The molecule has 0 fully saturated rings. The topological polar surface area (TPSA) is 26.6 Å². The van der Waals surface area contributed by atoms with E-state index >= 15 is 0 Å². The number of nitrogens with one attached hydrogen (secondary N) is 1. The molecule has 0 aliphatic rings. The van der Waals surface area contributed by atoms with Crippen molar-refractivity contribution < 1.29 is 9.64 Å². The molecular weight excluding hydrogens is 292 g/mol. The molecule has 3 rings (SSSR count). The largest absolute Gasteiger partial charge is 0.496 e. The van der Waals surface area contributed by atoms with Crippen LogP contribution in [0.25, 0.3) is 10.2 Å². The molecule has 2 aromatic carbocycles. The predicted molar refractivity (Wildman–Crippen MR) is 91.6 cm³/mol. The van der Waals surface area contributed by atoms with Gasteiger partial charge < -0.3 is 9.64 Å². The number of ether oxygens (including phenoxy) is 1. The van der Waals surface area contributed by atoms with Crippen LogP contribution >= 0.6 is 11.3 Å². The molecule has 0 spiro atoms. The summed E-state index contributed by atoms with van der Waals surface area (Å²) in [6.07, 6.45) is 0. The van der Waals surface area contributed by atoms with Gasteiger partial charge in [0.05, 0.1) is 24.4 Å². The standard InChI is InChI=1S/C18H20N2OS/c1-13-8-9-16(21-3)14(10-13)11-20(2)12-18-19-15-6-4-5-7-17(15)22-18/h4-10H,11-12H2,1-3H3/p+1. The molecule has 0 bridgehead atoms. The first kappa shape index (κ1) is 15.0. The van der Waals surface area contributed by atoms with Gasteiger partial charge in [-0.25, -0.2) is 4.98 Å². The molecule has 1 aromatic heterocycles. The highest BCUT2D eigenvalue weighted by atomic mass is 32.1.